The first-order valence-electron chi connectivity index (χ1n) is 21.0. The molecule has 0 aliphatic heterocycles. The number of aromatic nitrogens is 1. The minimum atomic E-state index is -0.426. The lowest BCUT2D eigenvalue weighted by atomic mass is 9.90. The van der Waals surface area contributed by atoms with Gasteiger partial charge in [-0.25, -0.2) is 8.78 Å². The van der Waals surface area contributed by atoms with Gasteiger partial charge < -0.3 is 35.7 Å². The average molecular weight is 848 g/mol. The van der Waals surface area contributed by atoms with E-state index in [0.29, 0.717) is 94.6 Å². The van der Waals surface area contributed by atoms with Crippen LogP contribution in [0.5, 0.6) is 0 Å². The van der Waals surface area contributed by atoms with Crippen LogP contribution in [0.2, 0.25) is 0 Å². The van der Waals surface area contributed by atoms with Crippen molar-refractivity contribution < 1.29 is 32.6 Å². The first kappa shape index (κ1) is 55.2. The van der Waals surface area contributed by atoms with Gasteiger partial charge in [0.1, 0.15) is 11.6 Å². The van der Waals surface area contributed by atoms with Gasteiger partial charge in [0.15, 0.2) is 0 Å². The number of nitrogens with one attached hydrogen (secondary N) is 3. The third-order valence-electron chi connectivity index (χ3n) is 7.74. The van der Waals surface area contributed by atoms with Crippen molar-refractivity contribution in [1.29, 1.82) is 0 Å². The van der Waals surface area contributed by atoms with E-state index in [1.54, 1.807) is 0 Å². The van der Waals surface area contributed by atoms with Crippen LogP contribution in [0.4, 0.5) is 8.78 Å². The topological polar surface area (TPSA) is 137 Å². The number of nitrogens with two attached hydrogens (primary N) is 1. The molecular weight excluding hydrogens is 773 g/mol. The predicted molar refractivity (Wildman–Crippen MR) is 242 cm³/mol. The maximum Gasteiger partial charge on any atom is 0.229 e. The average Bonchev–Trinajstić information content (AvgIpc) is 3.56. The standard InChI is InChI=1S/C22H23F2N.C20H40N4O5S.2C2H6/c1-22(2,3)13-19-11-17(20-12-18(23)9-10-21(20)24)15-25(19)14-16-7-5-4-6-8-16;1-20(2,3)15-18(26)24-9-11-29-13-12-28-10-8-23-17(25)5-14-30-16-19(27)22-7-4-6-21;2*1-2/h4-12,15H,13-14H2,1-3H3;4-16,21H2,1-3H3,(H,22,27)(H,23,25)(H,24,26);2*1-2H3. The van der Waals surface area contributed by atoms with Crippen LogP contribution in [0.3, 0.4) is 0 Å². The Morgan fingerprint density at radius 1 is 0.746 bits per heavy atom. The van der Waals surface area contributed by atoms with Crippen LogP contribution in [-0.2, 0) is 36.8 Å². The Balaban J connectivity index is 0.00000106. The highest BCUT2D eigenvalue weighted by atomic mass is 32.2. The van der Waals surface area contributed by atoms with Crippen molar-refractivity contribution in [2.75, 3.05) is 64.1 Å². The van der Waals surface area contributed by atoms with E-state index in [1.807, 2.05) is 78.9 Å². The molecule has 3 rings (SSSR count). The van der Waals surface area contributed by atoms with E-state index in [1.165, 1.54) is 29.5 Å². The number of carbonyl (C=O) groups excluding carboxylic acids is 3. The smallest absolute Gasteiger partial charge is 0.229 e. The van der Waals surface area contributed by atoms with Gasteiger partial charge in [-0.3, -0.25) is 14.4 Å². The zero-order valence-electron chi connectivity index (χ0n) is 37.6. The molecule has 0 fully saturated rings. The molecular formula is C46H75F2N5O5S. The van der Waals surface area contributed by atoms with Gasteiger partial charge in [0.05, 0.1) is 32.2 Å². The summed E-state index contributed by atoms with van der Waals surface area (Å²) in [5, 5.41) is 8.36. The van der Waals surface area contributed by atoms with Crippen molar-refractivity contribution in [3.8, 4) is 11.1 Å². The molecule has 334 valence electrons. The van der Waals surface area contributed by atoms with Crippen LogP contribution in [0.1, 0.15) is 99.8 Å². The van der Waals surface area contributed by atoms with Crippen molar-refractivity contribution in [3.63, 3.8) is 0 Å². The summed E-state index contributed by atoms with van der Waals surface area (Å²) in [5.74, 6) is 0.0549. The molecule has 3 amide bonds. The van der Waals surface area contributed by atoms with Crippen LogP contribution >= 0.6 is 11.8 Å². The Kier molecular flexibility index (Phi) is 30.0. The second-order valence-corrected chi connectivity index (χ2v) is 16.8. The molecule has 1 heterocycles. The van der Waals surface area contributed by atoms with E-state index < -0.39 is 11.6 Å². The van der Waals surface area contributed by atoms with Crippen molar-refractivity contribution in [1.82, 2.24) is 20.5 Å². The summed E-state index contributed by atoms with van der Waals surface area (Å²) >= 11 is 1.43. The SMILES string of the molecule is CC.CC.CC(C)(C)CC(=O)NCCOCCOCCNC(=O)CCSCC(=O)NCCCN.CC(C)(C)Cc1cc(-c2cc(F)ccc2F)cn1Cc1ccccc1. The highest BCUT2D eigenvalue weighted by Gasteiger charge is 2.18. The number of hydrogen-bond acceptors (Lipinski definition) is 7. The van der Waals surface area contributed by atoms with Gasteiger partial charge in [0.2, 0.25) is 17.7 Å². The number of ether oxygens (including phenoxy) is 2. The van der Waals surface area contributed by atoms with Gasteiger partial charge in [-0.05, 0) is 60.0 Å². The molecule has 0 bridgehead atoms. The summed E-state index contributed by atoms with van der Waals surface area (Å²) in [6.45, 7) is 25.1. The molecule has 0 radical (unpaired) electrons. The number of benzene rings is 2. The molecule has 10 nitrogen and oxygen atoms in total. The van der Waals surface area contributed by atoms with E-state index >= 15 is 0 Å². The molecule has 5 N–H and O–H groups in total. The van der Waals surface area contributed by atoms with Gasteiger partial charge in [-0.1, -0.05) is 99.6 Å². The number of rotatable bonds is 22. The summed E-state index contributed by atoms with van der Waals surface area (Å²) in [6, 6.07) is 15.7. The largest absolute Gasteiger partial charge is 0.377 e. The Labute approximate surface area is 358 Å². The van der Waals surface area contributed by atoms with Crippen LogP contribution in [-0.4, -0.2) is 86.4 Å². The molecule has 2 aromatic carbocycles. The highest BCUT2D eigenvalue weighted by Crippen LogP contribution is 2.30. The molecule has 59 heavy (non-hydrogen) atoms. The molecule has 0 unspecified atom stereocenters. The minimum absolute atomic E-state index is 0.0199. The maximum absolute atomic E-state index is 14.2. The van der Waals surface area contributed by atoms with Gasteiger partial charge in [-0.15, -0.1) is 0 Å². The van der Waals surface area contributed by atoms with E-state index in [2.05, 4.69) is 53.4 Å². The lowest BCUT2D eigenvalue weighted by molar-refractivity contribution is -0.123. The number of thioether (sulfide) groups is 1. The minimum Gasteiger partial charge on any atom is -0.377 e. The molecule has 13 heteroatoms. The summed E-state index contributed by atoms with van der Waals surface area (Å²) in [5.41, 5.74) is 8.76. The molecule has 0 spiro atoms. The molecule has 0 aliphatic carbocycles. The van der Waals surface area contributed by atoms with Gasteiger partial charge in [0, 0.05) is 67.8 Å². The molecule has 1 aromatic heterocycles. The predicted octanol–water partition coefficient (Wildman–Crippen LogP) is 8.40. The normalized spacial score (nSPS) is 10.9. The molecule has 0 aliphatic rings. The zero-order valence-corrected chi connectivity index (χ0v) is 38.4. The van der Waals surface area contributed by atoms with Crippen LogP contribution in [0.25, 0.3) is 11.1 Å². The summed E-state index contributed by atoms with van der Waals surface area (Å²) in [4.78, 5) is 34.8. The lowest BCUT2D eigenvalue weighted by Gasteiger charge is -2.19. The monoisotopic (exact) mass is 848 g/mol. The fraction of sp³-hybridized carbons (Fsp3) is 0.587. The summed E-state index contributed by atoms with van der Waals surface area (Å²) in [6.07, 6.45) is 4.40. The van der Waals surface area contributed by atoms with Gasteiger partial charge >= 0.3 is 0 Å². The van der Waals surface area contributed by atoms with Crippen molar-refractivity contribution >= 4 is 29.5 Å². The Bertz CT molecular complexity index is 1580. The second-order valence-electron chi connectivity index (χ2n) is 15.7. The van der Waals surface area contributed by atoms with E-state index in [0.717, 1.165) is 24.6 Å². The number of amides is 3. The van der Waals surface area contributed by atoms with Crippen LogP contribution in [0.15, 0.2) is 60.8 Å². The molecule has 3 aromatic rings. The third-order valence-corrected chi connectivity index (χ3v) is 8.70. The Hall–Kier alpha value is -3.78. The van der Waals surface area contributed by atoms with Gasteiger partial charge in [-0.2, -0.15) is 11.8 Å². The fourth-order valence-corrected chi connectivity index (χ4v) is 5.99. The highest BCUT2D eigenvalue weighted by molar-refractivity contribution is 7.99. The van der Waals surface area contributed by atoms with E-state index in [4.69, 9.17) is 15.2 Å². The number of nitrogens with zero attached hydrogens (tertiary/aromatic N) is 1. The zero-order chi connectivity index (χ0) is 44.7. The molecule has 0 atom stereocenters. The number of carbonyl (C=O) groups is 3. The number of halogens is 2. The summed E-state index contributed by atoms with van der Waals surface area (Å²) in [7, 11) is 0. The second kappa shape index (κ2) is 32.1. The number of hydrogen-bond donors (Lipinski definition) is 4. The fourth-order valence-electron chi connectivity index (χ4n) is 5.23. The van der Waals surface area contributed by atoms with Crippen molar-refractivity contribution in [2.24, 2.45) is 16.6 Å². The lowest BCUT2D eigenvalue weighted by Crippen LogP contribution is -2.30. The van der Waals surface area contributed by atoms with Crippen LogP contribution < -0.4 is 21.7 Å². The molecule has 0 saturated carbocycles. The van der Waals surface area contributed by atoms with Crippen molar-refractivity contribution in [2.45, 2.75) is 101 Å². The Morgan fingerprint density at radius 2 is 1.34 bits per heavy atom. The first-order valence-corrected chi connectivity index (χ1v) is 22.1. The third kappa shape index (κ3) is 28.3. The van der Waals surface area contributed by atoms with Gasteiger partial charge in [0.25, 0.3) is 0 Å². The quantitative estimate of drug-likeness (QED) is 0.0746. The maximum atomic E-state index is 14.2. The summed E-state index contributed by atoms with van der Waals surface area (Å²) < 4.78 is 40.7. The van der Waals surface area contributed by atoms with Crippen LogP contribution in [0, 0.1) is 22.5 Å². The molecule has 0 saturated heterocycles. The van der Waals surface area contributed by atoms with Crippen molar-refractivity contribution in [3.05, 3.63) is 83.7 Å². The van der Waals surface area contributed by atoms with E-state index in [9.17, 15) is 23.2 Å². The Morgan fingerprint density at radius 3 is 1.92 bits per heavy atom. The van der Waals surface area contributed by atoms with E-state index in [-0.39, 0.29) is 28.6 Å². The first-order chi connectivity index (χ1) is 28.1.